The van der Waals surface area contributed by atoms with Crippen molar-refractivity contribution in [2.24, 2.45) is 5.92 Å². The molecule has 0 N–H and O–H groups in total. The number of halogens is 1. The summed E-state index contributed by atoms with van der Waals surface area (Å²) < 4.78 is 23.9. The Hall–Kier alpha value is -3.32. The van der Waals surface area contributed by atoms with E-state index >= 15 is 0 Å². The Morgan fingerprint density at radius 1 is 1.22 bits per heavy atom. The Labute approximate surface area is 187 Å². The molecule has 2 aromatic carbocycles. The van der Waals surface area contributed by atoms with E-state index in [2.05, 4.69) is 9.88 Å². The Morgan fingerprint density at radius 3 is 2.78 bits per heavy atom. The first-order chi connectivity index (χ1) is 15.5. The van der Waals surface area contributed by atoms with E-state index < -0.39 is 0 Å². The van der Waals surface area contributed by atoms with Crippen molar-refractivity contribution in [1.29, 1.82) is 0 Å². The molecule has 0 saturated heterocycles. The summed E-state index contributed by atoms with van der Waals surface area (Å²) in [6, 6.07) is 14.0. The van der Waals surface area contributed by atoms with E-state index in [4.69, 9.17) is 14.5 Å². The minimum atomic E-state index is -0.271. The number of benzene rings is 2. The van der Waals surface area contributed by atoms with Gasteiger partial charge in [0.1, 0.15) is 18.2 Å². The number of rotatable bonds is 7. The van der Waals surface area contributed by atoms with E-state index in [0.29, 0.717) is 24.7 Å². The molecular weight excluding hydrogens is 409 g/mol. The molecule has 166 valence electrons. The largest absolute Gasteiger partial charge is 0.489 e. The summed E-state index contributed by atoms with van der Waals surface area (Å²) in [4.78, 5) is 23.2. The highest BCUT2D eigenvalue weighted by Gasteiger charge is 2.23. The van der Waals surface area contributed by atoms with Crippen LogP contribution in [0, 0.1) is 11.7 Å². The molecule has 0 spiro atoms. The molecule has 0 saturated carbocycles. The Morgan fingerprint density at radius 2 is 2.03 bits per heavy atom. The molecule has 1 atom stereocenters. The lowest BCUT2D eigenvalue weighted by molar-refractivity contribution is -0.145. The van der Waals surface area contributed by atoms with E-state index in [0.717, 1.165) is 41.9 Å². The summed E-state index contributed by atoms with van der Waals surface area (Å²) in [6.07, 6.45) is 2.69. The summed E-state index contributed by atoms with van der Waals surface area (Å²) in [5.41, 5.74) is 3.82. The van der Waals surface area contributed by atoms with Gasteiger partial charge in [0.15, 0.2) is 5.82 Å². The molecular formula is C25H26FN3O3. The number of hydrogen-bond donors (Lipinski definition) is 0. The quantitative estimate of drug-likeness (QED) is 0.522. The van der Waals surface area contributed by atoms with E-state index in [-0.39, 0.29) is 17.7 Å². The Balaban J connectivity index is 1.38. The van der Waals surface area contributed by atoms with Gasteiger partial charge in [-0.3, -0.25) is 9.69 Å². The summed E-state index contributed by atoms with van der Waals surface area (Å²) in [5.74, 6) is 0.754. The first-order valence-corrected chi connectivity index (χ1v) is 10.6. The second kappa shape index (κ2) is 9.87. The fourth-order valence-corrected chi connectivity index (χ4v) is 3.83. The van der Waals surface area contributed by atoms with Gasteiger partial charge in [0.2, 0.25) is 0 Å². The van der Waals surface area contributed by atoms with Gasteiger partial charge in [0.25, 0.3) is 0 Å². The molecule has 0 bridgehead atoms. The van der Waals surface area contributed by atoms with Crippen molar-refractivity contribution in [3.05, 3.63) is 77.4 Å². The molecule has 4 rings (SSSR count). The van der Waals surface area contributed by atoms with E-state index in [1.807, 2.05) is 43.5 Å². The minimum Gasteiger partial charge on any atom is -0.489 e. The van der Waals surface area contributed by atoms with Crippen LogP contribution in [0.25, 0.3) is 11.4 Å². The number of fused-ring (bicyclic) bond motifs is 1. The molecule has 2 heterocycles. The number of aromatic nitrogens is 2. The third-order valence-corrected chi connectivity index (χ3v) is 5.56. The van der Waals surface area contributed by atoms with Crippen molar-refractivity contribution in [2.75, 3.05) is 20.2 Å². The zero-order valence-electron chi connectivity index (χ0n) is 18.3. The zero-order valence-corrected chi connectivity index (χ0v) is 18.3. The van der Waals surface area contributed by atoms with Crippen LogP contribution in [0.3, 0.4) is 0 Å². The van der Waals surface area contributed by atoms with Crippen molar-refractivity contribution in [3.63, 3.8) is 0 Å². The fraction of sp³-hybridized carbons (Fsp3) is 0.320. The molecule has 6 nitrogen and oxygen atoms in total. The van der Waals surface area contributed by atoms with E-state index in [1.54, 1.807) is 6.07 Å². The van der Waals surface area contributed by atoms with Crippen LogP contribution in [0.4, 0.5) is 4.39 Å². The second-order valence-corrected chi connectivity index (χ2v) is 8.02. The third-order valence-electron chi connectivity index (χ3n) is 5.56. The fourth-order valence-electron chi connectivity index (χ4n) is 3.83. The van der Waals surface area contributed by atoms with Gasteiger partial charge in [-0.05, 0) is 42.0 Å². The Kier molecular flexibility index (Phi) is 6.75. The molecule has 1 aliphatic heterocycles. The van der Waals surface area contributed by atoms with Crippen LogP contribution in [-0.4, -0.2) is 41.0 Å². The monoisotopic (exact) mass is 435 g/mol. The van der Waals surface area contributed by atoms with Crippen LogP contribution in [0.1, 0.15) is 23.7 Å². The molecule has 0 amide bonds. The average Bonchev–Trinajstić information content (AvgIpc) is 2.82. The van der Waals surface area contributed by atoms with Crippen molar-refractivity contribution < 1.29 is 18.7 Å². The summed E-state index contributed by atoms with van der Waals surface area (Å²) in [7, 11) is 1.42. The molecule has 0 aliphatic carbocycles. The predicted octanol–water partition coefficient (Wildman–Crippen LogP) is 4.03. The van der Waals surface area contributed by atoms with Crippen LogP contribution in [0.15, 0.2) is 54.7 Å². The van der Waals surface area contributed by atoms with Gasteiger partial charge in [-0.2, -0.15) is 0 Å². The van der Waals surface area contributed by atoms with Gasteiger partial charge in [-0.25, -0.2) is 14.4 Å². The van der Waals surface area contributed by atoms with Gasteiger partial charge < -0.3 is 9.47 Å². The van der Waals surface area contributed by atoms with Crippen LogP contribution in [0.2, 0.25) is 0 Å². The third kappa shape index (κ3) is 5.29. The standard InChI is InChI=1S/C25H26FN3O3/c1-17(25(30)31-2)14-29-11-10-23-20(15-29)13-27-24(28-23)19-6-8-22(9-7-19)32-16-18-4-3-5-21(26)12-18/h3-9,12-13,17H,10-11,14-16H2,1-2H3. The number of carbonyl (C=O) groups is 1. The topological polar surface area (TPSA) is 64.5 Å². The molecule has 7 heteroatoms. The lowest BCUT2D eigenvalue weighted by Gasteiger charge is -2.29. The maximum atomic E-state index is 13.3. The second-order valence-electron chi connectivity index (χ2n) is 8.02. The molecule has 0 radical (unpaired) electrons. The average molecular weight is 435 g/mol. The minimum absolute atomic E-state index is 0.164. The maximum absolute atomic E-state index is 13.3. The molecule has 1 aliphatic rings. The number of carbonyl (C=O) groups excluding carboxylic acids is 1. The van der Waals surface area contributed by atoms with Crippen molar-refractivity contribution in [1.82, 2.24) is 14.9 Å². The molecule has 32 heavy (non-hydrogen) atoms. The number of nitrogens with zero attached hydrogens (tertiary/aromatic N) is 3. The van der Waals surface area contributed by atoms with Crippen molar-refractivity contribution >= 4 is 5.97 Å². The van der Waals surface area contributed by atoms with Gasteiger partial charge in [-0.1, -0.05) is 19.1 Å². The molecule has 1 aromatic heterocycles. The van der Waals surface area contributed by atoms with Crippen LogP contribution in [0.5, 0.6) is 5.75 Å². The first-order valence-electron chi connectivity index (χ1n) is 10.6. The number of hydrogen-bond acceptors (Lipinski definition) is 6. The maximum Gasteiger partial charge on any atom is 0.309 e. The van der Waals surface area contributed by atoms with Crippen LogP contribution < -0.4 is 4.74 Å². The number of ether oxygens (including phenoxy) is 2. The predicted molar refractivity (Wildman–Crippen MR) is 118 cm³/mol. The lowest BCUT2D eigenvalue weighted by atomic mass is 10.0. The van der Waals surface area contributed by atoms with Crippen LogP contribution in [-0.2, 0) is 29.1 Å². The summed E-state index contributed by atoms with van der Waals surface area (Å²) >= 11 is 0. The van der Waals surface area contributed by atoms with Crippen molar-refractivity contribution in [2.45, 2.75) is 26.5 Å². The number of esters is 1. The smallest absolute Gasteiger partial charge is 0.309 e. The SMILES string of the molecule is COC(=O)C(C)CN1CCc2nc(-c3ccc(OCc4cccc(F)c4)cc3)ncc2C1. The normalized spacial score (nSPS) is 14.5. The van der Waals surface area contributed by atoms with Gasteiger partial charge in [0, 0.05) is 43.4 Å². The van der Waals surface area contributed by atoms with Crippen molar-refractivity contribution in [3.8, 4) is 17.1 Å². The van der Waals surface area contributed by atoms with Gasteiger partial charge in [-0.15, -0.1) is 0 Å². The summed E-state index contributed by atoms with van der Waals surface area (Å²) in [5, 5.41) is 0. The first kappa shape index (κ1) is 21.9. The number of methoxy groups -OCH3 is 1. The summed E-state index contributed by atoms with van der Waals surface area (Å²) in [6.45, 7) is 4.41. The van der Waals surface area contributed by atoms with E-state index in [9.17, 15) is 9.18 Å². The van der Waals surface area contributed by atoms with E-state index in [1.165, 1.54) is 19.2 Å². The Bertz CT molecular complexity index is 1090. The lowest BCUT2D eigenvalue weighted by Crippen LogP contribution is -2.36. The highest BCUT2D eigenvalue weighted by molar-refractivity contribution is 5.72. The molecule has 0 fully saturated rings. The molecule has 1 unspecified atom stereocenters. The highest BCUT2D eigenvalue weighted by Crippen LogP contribution is 2.24. The van der Waals surface area contributed by atoms with Gasteiger partial charge >= 0.3 is 5.97 Å². The molecule has 3 aromatic rings. The van der Waals surface area contributed by atoms with Crippen LogP contribution >= 0.6 is 0 Å². The highest BCUT2D eigenvalue weighted by atomic mass is 19.1. The zero-order chi connectivity index (χ0) is 22.5. The van der Waals surface area contributed by atoms with Gasteiger partial charge in [0.05, 0.1) is 18.7 Å².